The van der Waals surface area contributed by atoms with E-state index in [9.17, 15) is 4.79 Å². The van der Waals surface area contributed by atoms with Crippen molar-refractivity contribution in [3.05, 3.63) is 52.3 Å². The Hall–Kier alpha value is -2.69. The van der Waals surface area contributed by atoms with Crippen molar-refractivity contribution in [3.63, 3.8) is 0 Å². The second-order valence-corrected chi connectivity index (χ2v) is 7.68. The third kappa shape index (κ3) is 4.18. The molecule has 0 unspecified atom stereocenters. The van der Waals surface area contributed by atoms with Gasteiger partial charge in [-0.25, -0.2) is 4.98 Å². The van der Waals surface area contributed by atoms with Gasteiger partial charge in [-0.1, -0.05) is 12.1 Å². The van der Waals surface area contributed by atoms with E-state index in [1.165, 1.54) is 11.3 Å². The quantitative estimate of drug-likeness (QED) is 0.444. The first-order chi connectivity index (χ1) is 13.2. The minimum Gasteiger partial charge on any atom is -0.454 e. The summed E-state index contributed by atoms with van der Waals surface area (Å²) in [4.78, 5) is 17.6. The van der Waals surface area contributed by atoms with Crippen molar-refractivity contribution in [2.45, 2.75) is 6.54 Å². The summed E-state index contributed by atoms with van der Waals surface area (Å²) in [6.07, 6.45) is 0. The second-order valence-electron chi connectivity index (χ2n) is 5.46. The molecule has 0 aliphatic carbocycles. The van der Waals surface area contributed by atoms with Gasteiger partial charge in [0.2, 0.25) is 6.79 Å². The van der Waals surface area contributed by atoms with E-state index < -0.39 is 0 Å². The lowest BCUT2D eigenvalue weighted by atomic mass is 10.2. The molecule has 10 heteroatoms. The van der Waals surface area contributed by atoms with E-state index >= 15 is 0 Å². The number of thiocarbonyl (C=S) groups is 1. The summed E-state index contributed by atoms with van der Waals surface area (Å²) in [7, 11) is 0. The lowest BCUT2D eigenvalue weighted by molar-refractivity contribution is 0.0939. The van der Waals surface area contributed by atoms with Crippen molar-refractivity contribution in [1.29, 1.82) is 0 Å². The topological polar surface area (TPSA) is 84.5 Å². The van der Waals surface area contributed by atoms with Crippen LogP contribution in [0, 0.1) is 0 Å². The summed E-state index contributed by atoms with van der Waals surface area (Å²) in [5, 5.41) is 7.83. The lowest BCUT2D eigenvalue weighted by Crippen LogP contribution is -2.46. The molecule has 4 rings (SSSR count). The maximum absolute atomic E-state index is 12.2. The zero-order valence-corrected chi connectivity index (χ0v) is 16.3. The monoisotopic (exact) mass is 418 g/mol. The van der Waals surface area contributed by atoms with Crippen LogP contribution in [0.25, 0.3) is 9.88 Å². The van der Waals surface area contributed by atoms with Gasteiger partial charge in [0, 0.05) is 11.9 Å². The van der Waals surface area contributed by atoms with Gasteiger partial charge in [0.25, 0.3) is 5.91 Å². The van der Waals surface area contributed by atoms with E-state index in [-0.39, 0.29) is 12.7 Å². The van der Waals surface area contributed by atoms with Crippen LogP contribution in [0.4, 0.5) is 0 Å². The highest BCUT2D eigenvalue weighted by atomic mass is 32.1. The average molecular weight is 419 g/mol. The molecule has 138 valence electrons. The summed E-state index contributed by atoms with van der Waals surface area (Å²) in [6.45, 7) is 0.723. The van der Waals surface area contributed by atoms with Crippen LogP contribution < -0.4 is 25.6 Å². The van der Waals surface area contributed by atoms with Crippen molar-refractivity contribution < 1.29 is 14.3 Å². The van der Waals surface area contributed by atoms with Gasteiger partial charge in [0.1, 0.15) is 10.7 Å². The number of hydrazine groups is 1. The molecular formula is C17H14N4O3S3. The Labute approximate surface area is 168 Å². The van der Waals surface area contributed by atoms with Crippen molar-refractivity contribution in [2.75, 3.05) is 6.79 Å². The maximum atomic E-state index is 12.2. The Balaban J connectivity index is 1.26. The molecule has 3 aromatic rings. The van der Waals surface area contributed by atoms with Crippen LogP contribution in [0.5, 0.6) is 11.5 Å². The molecule has 0 bridgehead atoms. The highest BCUT2D eigenvalue weighted by Crippen LogP contribution is 2.32. The molecule has 0 radical (unpaired) electrons. The fraction of sp³-hybridized carbons (Fsp3) is 0.118. The van der Waals surface area contributed by atoms with Crippen molar-refractivity contribution >= 4 is 45.9 Å². The van der Waals surface area contributed by atoms with E-state index in [2.05, 4.69) is 21.2 Å². The Kier molecular flexibility index (Phi) is 5.19. The van der Waals surface area contributed by atoms with Gasteiger partial charge in [-0.2, -0.15) is 0 Å². The lowest BCUT2D eigenvalue weighted by Gasteiger charge is -2.11. The third-order valence-electron chi connectivity index (χ3n) is 3.65. The molecule has 0 spiro atoms. The molecule has 0 saturated carbocycles. The van der Waals surface area contributed by atoms with E-state index in [0.717, 1.165) is 21.2 Å². The van der Waals surface area contributed by atoms with Crippen LogP contribution in [0.2, 0.25) is 0 Å². The highest BCUT2D eigenvalue weighted by Gasteiger charge is 2.14. The maximum Gasteiger partial charge on any atom is 0.289 e. The molecule has 1 aliphatic heterocycles. The number of nitrogens with one attached hydrogen (secondary N) is 3. The van der Waals surface area contributed by atoms with Crippen molar-refractivity contribution in [2.24, 2.45) is 0 Å². The molecule has 3 N–H and O–H groups in total. The fourth-order valence-electron chi connectivity index (χ4n) is 2.35. The smallest absolute Gasteiger partial charge is 0.289 e. The molecule has 1 aromatic carbocycles. The summed E-state index contributed by atoms with van der Waals surface area (Å²) in [5.74, 6) is 1.10. The van der Waals surface area contributed by atoms with Crippen LogP contribution in [-0.4, -0.2) is 22.8 Å². The standard InChI is InChI=1S/C17H14N4O3S3/c22-15(11-8-27-16(19-11)14-2-1-5-26-14)20-21-17(25)18-7-10-3-4-12-13(6-10)24-9-23-12/h1-6,8H,7,9H2,(H,20,22)(H2,18,21,25). The predicted molar refractivity (Wildman–Crippen MR) is 108 cm³/mol. The Morgan fingerprint density at radius 3 is 2.93 bits per heavy atom. The molecule has 0 saturated heterocycles. The number of amides is 1. The molecule has 7 nitrogen and oxygen atoms in total. The second kappa shape index (κ2) is 7.91. The number of thiophene rings is 1. The molecule has 2 aromatic heterocycles. The largest absolute Gasteiger partial charge is 0.454 e. The highest BCUT2D eigenvalue weighted by molar-refractivity contribution is 7.80. The van der Waals surface area contributed by atoms with Crippen LogP contribution >= 0.6 is 34.9 Å². The number of ether oxygens (including phenoxy) is 2. The van der Waals surface area contributed by atoms with Crippen LogP contribution in [0.15, 0.2) is 41.1 Å². The minimum atomic E-state index is -0.346. The first-order valence-corrected chi connectivity index (χ1v) is 10.1. The zero-order chi connectivity index (χ0) is 18.6. The summed E-state index contributed by atoms with van der Waals surface area (Å²) in [5.41, 5.74) is 6.55. The first kappa shape index (κ1) is 17.7. The number of carbonyl (C=O) groups is 1. The van der Waals surface area contributed by atoms with Gasteiger partial charge in [-0.15, -0.1) is 22.7 Å². The van der Waals surface area contributed by atoms with E-state index in [4.69, 9.17) is 21.7 Å². The molecule has 1 amide bonds. The number of carbonyl (C=O) groups excluding carboxylic acids is 1. The summed E-state index contributed by atoms with van der Waals surface area (Å²) >= 11 is 8.19. The number of aromatic nitrogens is 1. The van der Waals surface area contributed by atoms with Crippen molar-refractivity contribution in [1.82, 2.24) is 21.2 Å². The SMILES string of the molecule is O=C(NNC(=S)NCc1ccc2c(c1)OCO2)c1csc(-c2cccs2)n1. The van der Waals surface area contributed by atoms with Gasteiger partial charge in [-0.05, 0) is 41.4 Å². The number of fused-ring (bicyclic) bond motifs is 1. The molecule has 1 aliphatic rings. The Morgan fingerprint density at radius 2 is 2.07 bits per heavy atom. The number of hydrogen-bond donors (Lipinski definition) is 3. The summed E-state index contributed by atoms with van der Waals surface area (Å²) in [6, 6.07) is 9.58. The average Bonchev–Trinajstić information content (AvgIpc) is 3.44. The van der Waals surface area contributed by atoms with Gasteiger partial charge < -0.3 is 14.8 Å². The summed E-state index contributed by atoms with van der Waals surface area (Å²) < 4.78 is 10.6. The Bertz CT molecular complexity index is 972. The van der Waals surface area contributed by atoms with E-state index in [1.807, 2.05) is 35.7 Å². The molecule has 3 heterocycles. The van der Waals surface area contributed by atoms with Gasteiger partial charge in [0.15, 0.2) is 16.6 Å². The van der Waals surface area contributed by atoms with Gasteiger partial charge >= 0.3 is 0 Å². The normalized spacial score (nSPS) is 11.9. The van der Waals surface area contributed by atoms with Gasteiger partial charge in [0.05, 0.1) is 4.88 Å². The van der Waals surface area contributed by atoms with Crippen LogP contribution in [0.3, 0.4) is 0 Å². The Morgan fingerprint density at radius 1 is 1.19 bits per heavy atom. The predicted octanol–water partition coefficient (Wildman–Crippen LogP) is 2.91. The van der Waals surface area contributed by atoms with Crippen LogP contribution in [0.1, 0.15) is 16.1 Å². The van der Waals surface area contributed by atoms with Crippen LogP contribution in [-0.2, 0) is 6.54 Å². The molecular weight excluding hydrogens is 404 g/mol. The third-order valence-corrected chi connectivity index (χ3v) is 5.78. The molecule has 0 fully saturated rings. The van der Waals surface area contributed by atoms with Gasteiger partial charge in [-0.3, -0.25) is 15.6 Å². The number of nitrogens with zero attached hydrogens (tertiary/aromatic N) is 1. The minimum absolute atomic E-state index is 0.239. The number of rotatable bonds is 4. The van der Waals surface area contributed by atoms with Crippen molar-refractivity contribution in [3.8, 4) is 21.4 Å². The first-order valence-electron chi connectivity index (χ1n) is 7.91. The molecule has 27 heavy (non-hydrogen) atoms. The number of benzene rings is 1. The number of hydrogen-bond acceptors (Lipinski definition) is 7. The number of thiazole rings is 1. The zero-order valence-electron chi connectivity index (χ0n) is 13.9. The fourth-order valence-corrected chi connectivity index (χ4v) is 4.08. The van der Waals surface area contributed by atoms with E-state index in [1.54, 1.807) is 16.7 Å². The van der Waals surface area contributed by atoms with E-state index in [0.29, 0.717) is 23.1 Å². The molecule has 0 atom stereocenters.